The number of hydrogen-bond acceptors (Lipinski definition) is 3. The lowest BCUT2D eigenvalue weighted by Gasteiger charge is -2.38. The normalized spacial score (nSPS) is 21.7. The van der Waals surface area contributed by atoms with Crippen LogP contribution in [-0.2, 0) is 13.1 Å². The fourth-order valence-electron chi connectivity index (χ4n) is 4.59. The van der Waals surface area contributed by atoms with Crippen molar-refractivity contribution in [3.63, 3.8) is 0 Å². The van der Waals surface area contributed by atoms with E-state index in [2.05, 4.69) is 101 Å². The van der Waals surface area contributed by atoms with Gasteiger partial charge in [-0.1, -0.05) is 54.6 Å². The number of hydrogen-bond donors (Lipinski definition) is 2. The molecule has 2 N–H and O–H groups in total. The maximum atomic E-state index is 4.87. The number of nitrogens with zero attached hydrogens (tertiary/aromatic N) is 3. The predicted molar refractivity (Wildman–Crippen MR) is 135 cm³/mol. The highest BCUT2D eigenvalue weighted by atomic mass is 15.2. The monoisotopic (exact) mass is 431 g/mol. The van der Waals surface area contributed by atoms with E-state index in [1.165, 1.54) is 16.8 Å². The summed E-state index contributed by atoms with van der Waals surface area (Å²) in [6.45, 7) is 10.2. The van der Waals surface area contributed by atoms with Crippen LogP contribution in [0.25, 0.3) is 0 Å². The fourth-order valence-corrected chi connectivity index (χ4v) is 4.59. The second kappa shape index (κ2) is 11.2. The molecule has 0 saturated carbocycles. The molecule has 32 heavy (non-hydrogen) atoms. The van der Waals surface area contributed by atoms with Crippen molar-refractivity contribution in [1.82, 2.24) is 15.5 Å². The van der Waals surface area contributed by atoms with Crippen LogP contribution in [0.1, 0.15) is 37.8 Å². The molecule has 2 aromatic rings. The second-order valence-electron chi connectivity index (χ2n) is 8.91. The minimum atomic E-state index is 0.458. The van der Waals surface area contributed by atoms with Gasteiger partial charge in [0.15, 0.2) is 5.96 Å². The molecule has 0 spiro atoms. The van der Waals surface area contributed by atoms with E-state index >= 15 is 0 Å². The van der Waals surface area contributed by atoms with Crippen molar-refractivity contribution < 1.29 is 0 Å². The zero-order valence-corrected chi connectivity index (χ0v) is 19.5. The molecule has 2 aliphatic heterocycles. The summed E-state index contributed by atoms with van der Waals surface area (Å²) in [5.41, 5.74) is 3.92. The minimum absolute atomic E-state index is 0.458. The van der Waals surface area contributed by atoms with Crippen LogP contribution in [0.2, 0.25) is 0 Å². The third-order valence-electron chi connectivity index (χ3n) is 6.47. The third-order valence-corrected chi connectivity index (χ3v) is 6.47. The molecule has 0 amide bonds. The first-order chi connectivity index (χ1) is 15.7. The van der Waals surface area contributed by atoms with Crippen molar-refractivity contribution in [2.75, 3.05) is 31.1 Å². The van der Waals surface area contributed by atoms with Crippen LogP contribution in [0.15, 0.2) is 71.7 Å². The summed E-state index contributed by atoms with van der Waals surface area (Å²) in [5, 5.41) is 7.12. The molecule has 0 radical (unpaired) electrons. The van der Waals surface area contributed by atoms with Gasteiger partial charge in [0, 0.05) is 50.5 Å². The van der Waals surface area contributed by atoms with E-state index in [4.69, 9.17) is 4.99 Å². The molecule has 2 unspecified atom stereocenters. The van der Waals surface area contributed by atoms with Crippen LogP contribution in [0.5, 0.6) is 0 Å². The summed E-state index contributed by atoms with van der Waals surface area (Å²) in [6, 6.07) is 20.6. The quantitative estimate of drug-likeness (QED) is 0.392. The molecule has 5 nitrogen and oxygen atoms in total. The molecule has 0 aliphatic carbocycles. The number of guanidine groups is 1. The SMILES string of the molecule is CCNC(=NCc1ccc(N2CC=CC2)cc1)NC1CCN(Cc2ccccc2)C(C)C1. The minimum Gasteiger partial charge on any atom is -0.364 e. The van der Waals surface area contributed by atoms with E-state index in [-0.39, 0.29) is 0 Å². The number of piperidine rings is 1. The smallest absolute Gasteiger partial charge is 0.191 e. The van der Waals surface area contributed by atoms with Crippen molar-refractivity contribution in [2.24, 2.45) is 4.99 Å². The molecular formula is C27H37N5. The molecule has 1 saturated heterocycles. The summed E-state index contributed by atoms with van der Waals surface area (Å²) >= 11 is 0. The highest BCUT2D eigenvalue weighted by Gasteiger charge is 2.26. The van der Waals surface area contributed by atoms with Crippen molar-refractivity contribution in [3.8, 4) is 0 Å². The van der Waals surface area contributed by atoms with Crippen LogP contribution in [-0.4, -0.2) is 49.1 Å². The lowest BCUT2D eigenvalue weighted by atomic mass is 9.97. The molecule has 0 aromatic heterocycles. The van der Waals surface area contributed by atoms with Gasteiger partial charge in [-0.3, -0.25) is 4.90 Å². The number of rotatable bonds is 7. The van der Waals surface area contributed by atoms with Gasteiger partial charge >= 0.3 is 0 Å². The van der Waals surface area contributed by atoms with Crippen molar-refractivity contribution in [3.05, 3.63) is 77.9 Å². The molecule has 2 heterocycles. The Hall–Kier alpha value is -2.79. The maximum absolute atomic E-state index is 4.87. The van der Waals surface area contributed by atoms with Crippen molar-refractivity contribution in [2.45, 2.75) is 51.9 Å². The van der Waals surface area contributed by atoms with Gasteiger partial charge < -0.3 is 15.5 Å². The molecule has 1 fully saturated rings. The molecule has 0 bridgehead atoms. The molecule has 2 aromatic carbocycles. The average molecular weight is 432 g/mol. The number of likely N-dealkylation sites (tertiary alicyclic amines) is 1. The van der Waals surface area contributed by atoms with Gasteiger partial charge in [-0.25, -0.2) is 4.99 Å². The van der Waals surface area contributed by atoms with Gasteiger partial charge in [0.2, 0.25) is 0 Å². The zero-order valence-electron chi connectivity index (χ0n) is 19.5. The van der Waals surface area contributed by atoms with Gasteiger partial charge in [0.05, 0.1) is 6.54 Å². The number of benzene rings is 2. The highest BCUT2D eigenvalue weighted by Crippen LogP contribution is 2.20. The standard InChI is InChI=1S/C27H37N5/c1-3-28-27(29-20-23-11-13-26(14-12-23)31-16-7-8-17-31)30-25-15-18-32(22(2)19-25)21-24-9-5-4-6-10-24/h4-14,22,25H,3,15-21H2,1-2H3,(H2,28,29,30). The van der Waals surface area contributed by atoms with E-state index in [0.29, 0.717) is 18.6 Å². The number of anilines is 1. The van der Waals surface area contributed by atoms with Gasteiger partial charge in [-0.15, -0.1) is 0 Å². The van der Waals surface area contributed by atoms with Crippen LogP contribution < -0.4 is 15.5 Å². The van der Waals surface area contributed by atoms with Crippen LogP contribution in [0.4, 0.5) is 5.69 Å². The van der Waals surface area contributed by atoms with Crippen LogP contribution in [0.3, 0.4) is 0 Å². The summed E-state index contributed by atoms with van der Waals surface area (Å²) in [4.78, 5) is 9.83. The van der Waals surface area contributed by atoms with Crippen LogP contribution >= 0.6 is 0 Å². The van der Waals surface area contributed by atoms with Crippen molar-refractivity contribution in [1.29, 1.82) is 0 Å². The Morgan fingerprint density at radius 3 is 2.44 bits per heavy atom. The fraction of sp³-hybridized carbons (Fsp3) is 0.444. The summed E-state index contributed by atoms with van der Waals surface area (Å²) < 4.78 is 0. The number of aliphatic imine (C=N–C) groups is 1. The van der Waals surface area contributed by atoms with Crippen molar-refractivity contribution >= 4 is 11.6 Å². The molecular weight excluding hydrogens is 394 g/mol. The first-order valence-electron chi connectivity index (χ1n) is 12.0. The van der Waals surface area contributed by atoms with Gasteiger partial charge in [-0.05, 0) is 49.9 Å². The molecule has 5 heteroatoms. The van der Waals surface area contributed by atoms with Gasteiger partial charge in [0.25, 0.3) is 0 Å². The Balaban J connectivity index is 1.29. The van der Waals surface area contributed by atoms with Gasteiger partial charge in [-0.2, -0.15) is 0 Å². The molecule has 2 aliphatic rings. The first-order valence-corrected chi connectivity index (χ1v) is 12.0. The van der Waals surface area contributed by atoms with E-state index in [1.54, 1.807) is 0 Å². The maximum Gasteiger partial charge on any atom is 0.191 e. The van der Waals surface area contributed by atoms with Crippen LogP contribution in [0, 0.1) is 0 Å². The molecule has 2 atom stereocenters. The summed E-state index contributed by atoms with van der Waals surface area (Å²) in [7, 11) is 0. The Morgan fingerprint density at radius 1 is 1.00 bits per heavy atom. The molecule has 170 valence electrons. The van der Waals surface area contributed by atoms with Gasteiger partial charge in [0.1, 0.15) is 0 Å². The van der Waals surface area contributed by atoms with E-state index in [9.17, 15) is 0 Å². The summed E-state index contributed by atoms with van der Waals surface area (Å²) in [6.07, 6.45) is 6.72. The topological polar surface area (TPSA) is 42.9 Å². The van der Waals surface area contributed by atoms with E-state index < -0.39 is 0 Å². The van der Waals surface area contributed by atoms with E-state index in [0.717, 1.165) is 51.5 Å². The Kier molecular flexibility index (Phi) is 7.83. The number of nitrogens with one attached hydrogen (secondary N) is 2. The van der Waals surface area contributed by atoms with E-state index in [1.807, 2.05) is 0 Å². The summed E-state index contributed by atoms with van der Waals surface area (Å²) in [5.74, 6) is 0.925. The predicted octanol–water partition coefficient (Wildman–Crippen LogP) is 4.17. The Morgan fingerprint density at radius 2 is 1.75 bits per heavy atom. The lowest BCUT2D eigenvalue weighted by Crippen LogP contribution is -2.51. The second-order valence-corrected chi connectivity index (χ2v) is 8.91. The molecule has 4 rings (SSSR count). The lowest BCUT2D eigenvalue weighted by molar-refractivity contribution is 0.134. The first kappa shape index (κ1) is 22.4. The highest BCUT2D eigenvalue weighted by molar-refractivity contribution is 5.80. The Bertz CT molecular complexity index is 882. The Labute approximate surface area is 193 Å². The third kappa shape index (κ3) is 6.13. The largest absolute Gasteiger partial charge is 0.364 e. The zero-order chi connectivity index (χ0) is 22.2. The average Bonchev–Trinajstić information content (AvgIpc) is 3.36.